The number of carboxylic acid groups (broad SMARTS) is 1. The Balaban J connectivity index is 0.000000405. The van der Waals surface area contributed by atoms with Crippen LogP contribution >= 0.6 is 11.5 Å². The normalized spacial score (nSPS) is 20.4. The number of aliphatic carboxylic acids is 1. The van der Waals surface area contributed by atoms with Crippen LogP contribution < -0.4 is 4.90 Å². The number of ether oxygens (including phenoxy) is 1. The highest BCUT2D eigenvalue weighted by Gasteiger charge is 2.46. The van der Waals surface area contributed by atoms with Crippen molar-refractivity contribution in [3.8, 4) is 11.3 Å². The van der Waals surface area contributed by atoms with E-state index in [4.69, 9.17) is 14.6 Å². The van der Waals surface area contributed by atoms with Gasteiger partial charge in [0.15, 0.2) is 0 Å². The molecule has 1 atom stereocenters. The van der Waals surface area contributed by atoms with Gasteiger partial charge in [-0.15, -0.1) is 5.10 Å². The third-order valence-corrected chi connectivity index (χ3v) is 6.45. The van der Waals surface area contributed by atoms with Crippen molar-refractivity contribution in [2.75, 3.05) is 37.7 Å². The largest absolute Gasteiger partial charge is 0.490 e. The molecule has 1 spiro atoms. The molecule has 2 saturated heterocycles. The number of benzene rings is 1. The van der Waals surface area contributed by atoms with E-state index in [2.05, 4.69) is 48.7 Å². The molecule has 1 N–H and O–H groups in total. The first-order valence-corrected chi connectivity index (χ1v) is 12.0. The van der Waals surface area contributed by atoms with Gasteiger partial charge in [-0.25, -0.2) is 14.8 Å². The van der Waals surface area contributed by atoms with Crippen LogP contribution in [-0.4, -0.2) is 80.5 Å². The van der Waals surface area contributed by atoms with Crippen LogP contribution in [0.2, 0.25) is 0 Å². The zero-order chi connectivity index (χ0) is 26.5. The van der Waals surface area contributed by atoms with Crippen molar-refractivity contribution in [3.63, 3.8) is 0 Å². The zero-order valence-electron chi connectivity index (χ0n) is 19.5. The van der Waals surface area contributed by atoms with Crippen molar-refractivity contribution < 1.29 is 32.6 Å². The second-order valence-corrected chi connectivity index (χ2v) is 9.39. The number of nitrogens with zero attached hydrogens (tertiary/aromatic N) is 6. The second-order valence-electron chi connectivity index (χ2n) is 8.78. The Kier molecular flexibility index (Phi) is 8.10. The molecule has 1 aromatic carbocycles. The molecule has 2 aliphatic heterocycles. The number of halogens is 3. The molecule has 37 heavy (non-hydrogen) atoms. The lowest BCUT2D eigenvalue weighted by molar-refractivity contribution is -0.192. The van der Waals surface area contributed by atoms with Crippen LogP contribution in [0, 0.1) is 5.41 Å². The maximum absolute atomic E-state index is 12.8. The van der Waals surface area contributed by atoms with Crippen molar-refractivity contribution in [3.05, 3.63) is 53.8 Å². The Bertz CT molecular complexity index is 1200. The van der Waals surface area contributed by atoms with Gasteiger partial charge in [-0.1, -0.05) is 28.8 Å². The molecule has 2 aliphatic rings. The Hall–Kier alpha value is -3.49. The predicted octanol–water partition coefficient (Wildman–Crippen LogP) is 2.88. The van der Waals surface area contributed by atoms with Gasteiger partial charge in [0.05, 0.1) is 13.2 Å². The SMILES string of the molecule is O=C(O)C(F)(F)F.O=C1CC2(COCCN(Cc3ccc(-c4csnn4)cc3)C2)CN1c1ccncn1. The molecule has 10 nitrogen and oxygen atoms in total. The maximum atomic E-state index is 12.8. The number of carbonyl (C=O) groups is 2. The lowest BCUT2D eigenvalue weighted by Crippen LogP contribution is -2.40. The lowest BCUT2D eigenvalue weighted by atomic mass is 9.87. The molecule has 0 saturated carbocycles. The summed E-state index contributed by atoms with van der Waals surface area (Å²) in [6, 6.07) is 10.2. The van der Waals surface area contributed by atoms with E-state index in [1.807, 2.05) is 5.38 Å². The first-order valence-electron chi connectivity index (χ1n) is 11.2. The van der Waals surface area contributed by atoms with E-state index in [1.54, 1.807) is 17.2 Å². The number of hydrogen-bond acceptors (Lipinski definition) is 9. The highest BCUT2D eigenvalue weighted by atomic mass is 32.1. The van der Waals surface area contributed by atoms with E-state index in [-0.39, 0.29) is 11.3 Å². The summed E-state index contributed by atoms with van der Waals surface area (Å²) in [6.45, 7) is 4.37. The van der Waals surface area contributed by atoms with Gasteiger partial charge in [0.1, 0.15) is 17.8 Å². The Morgan fingerprint density at radius 2 is 1.95 bits per heavy atom. The van der Waals surface area contributed by atoms with E-state index in [1.165, 1.54) is 23.4 Å². The van der Waals surface area contributed by atoms with Crippen molar-refractivity contribution in [1.82, 2.24) is 24.5 Å². The minimum absolute atomic E-state index is 0.0976. The van der Waals surface area contributed by atoms with Gasteiger partial charge in [-0.2, -0.15) is 13.2 Å². The molecule has 14 heteroatoms. The Labute approximate surface area is 213 Å². The van der Waals surface area contributed by atoms with Gasteiger partial charge in [0.25, 0.3) is 0 Å². The minimum atomic E-state index is -5.08. The van der Waals surface area contributed by atoms with Crippen LogP contribution in [0.25, 0.3) is 11.3 Å². The molecule has 1 unspecified atom stereocenters. The van der Waals surface area contributed by atoms with Crippen molar-refractivity contribution >= 4 is 29.2 Å². The quantitative estimate of drug-likeness (QED) is 0.536. The zero-order valence-corrected chi connectivity index (χ0v) is 20.3. The fourth-order valence-electron chi connectivity index (χ4n) is 4.30. The maximum Gasteiger partial charge on any atom is 0.490 e. The summed E-state index contributed by atoms with van der Waals surface area (Å²) < 4.78 is 41.6. The highest BCUT2D eigenvalue weighted by molar-refractivity contribution is 7.03. The third kappa shape index (κ3) is 6.84. The monoisotopic (exact) mass is 536 g/mol. The molecule has 4 heterocycles. The van der Waals surface area contributed by atoms with E-state index >= 15 is 0 Å². The number of anilines is 1. The first kappa shape index (κ1) is 26.6. The second kappa shape index (κ2) is 11.3. The smallest absolute Gasteiger partial charge is 0.475 e. The summed E-state index contributed by atoms with van der Waals surface area (Å²) in [6.07, 6.45) is -1.46. The third-order valence-electron chi connectivity index (χ3n) is 5.94. The summed E-state index contributed by atoms with van der Waals surface area (Å²) in [7, 11) is 0. The van der Waals surface area contributed by atoms with Crippen LogP contribution in [0.3, 0.4) is 0 Å². The summed E-state index contributed by atoms with van der Waals surface area (Å²) in [5.41, 5.74) is 2.99. The van der Waals surface area contributed by atoms with E-state index < -0.39 is 12.1 Å². The van der Waals surface area contributed by atoms with Gasteiger partial charge < -0.3 is 9.84 Å². The summed E-state index contributed by atoms with van der Waals surface area (Å²) in [4.78, 5) is 34.0. The van der Waals surface area contributed by atoms with Crippen molar-refractivity contribution in [1.29, 1.82) is 0 Å². The average molecular weight is 537 g/mol. The Morgan fingerprint density at radius 3 is 2.57 bits per heavy atom. The van der Waals surface area contributed by atoms with E-state index in [0.717, 1.165) is 30.9 Å². The molecule has 0 bridgehead atoms. The van der Waals surface area contributed by atoms with Gasteiger partial charge >= 0.3 is 12.1 Å². The van der Waals surface area contributed by atoms with E-state index in [0.29, 0.717) is 32.0 Å². The summed E-state index contributed by atoms with van der Waals surface area (Å²) in [5, 5.41) is 13.2. The highest BCUT2D eigenvalue weighted by Crippen LogP contribution is 2.36. The molecule has 196 valence electrons. The molecule has 2 aromatic heterocycles. The molecule has 3 aromatic rings. The number of rotatable bonds is 4. The number of amides is 1. The molecule has 5 rings (SSSR count). The van der Waals surface area contributed by atoms with Crippen LogP contribution in [0.5, 0.6) is 0 Å². The molecular weight excluding hydrogens is 513 g/mol. The predicted molar refractivity (Wildman–Crippen MR) is 127 cm³/mol. The van der Waals surface area contributed by atoms with Crippen molar-refractivity contribution in [2.24, 2.45) is 5.41 Å². The van der Waals surface area contributed by atoms with E-state index in [9.17, 15) is 18.0 Å². The number of carboxylic acids is 1. The standard InChI is InChI=1S/C21H22N6O2S.C2HF3O2/c28-20-9-21(13-27(20)19-5-6-22-15-23-19)12-26(7-8-29-14-21)10-16-1-3-17(4-2-16)18-11-30-25-24-18;3-2(4,5)1(6)7/h1-6,11,15H,7-10,12-14H2;(H,6,7). The van der Waals surface area contributed by atoms with Crippen LogP contribution in [0.15, 0.2) is 48.2 Å². The van der Waals surface area contributed by atoms with Gasteiger partial charge in [0, 0.05) is 55.2 Å². The number of aromatic nitrogens is 4. The van der Waals surface area contributed by atoms with Crippen LogP contribution in [0.1, 0.15) is 12.0 Å². The fraction of sp³-hybridized carbons (Fsp3) is 0.391. The van der Waals surface area contributed by atoms with Gasteiger partial charge in [0.2, 0.25) is 5.91 Å². The molecule has 0 radical (unpaired) electrons. The van der Waals surface area contributed by atoms with Crippen LogP contribution in [-0.2, 0) is 20.9 Å². The molecular formula is C23H23F3N6O4S. The molecule has 0 aliphatic carbocycles. The number of carbonyl (C=O) groups excluding carboxylic acids is 1. The summed E-state index contributed by atoms with van der Waals surface area (Å²) >= 11 is 1.36. The average Bonchev–Trinajstić information content (AvgIpc) is 3.46. The topological polar surface area (TPSA) is 122 Å². The van der Waals surface area contributed by atoms with Gasteiger partial charge in [-0.05, 0) is 23.2 Å². The Morgan fingerprint density at radius 1 is 1.19 bits per heavy atom. The molecule has 1 amide bonds. The molecule has 2 fully saturated rings. The van der Waals surface area contributed by atoms with Crippen molar-refractivity contribution in [2.45, 2.75) is 19.1 Å². The fourth-order valence-corrected chi connectivity index (χ4v) is 4.76. The number of hydrogen-bond donors (Lipinski definition) is 1. The lowest BCUT2D eigenvalue weighted by Gasteiger charge is -2.31. The van der Waals surface area contributed by atoms with Crippen LogP contribution in [0.4, 0.5) is 19.0 Å². The number of alkyl halides is 3. The summed E-state index contributed by atoms with van der Waals surface area (Å²) in [5.74, 6) is -2.00. The first-order chi connectivity index (χ1) is 17.7. The minimum Gasteiger partial charge on any atom is -0.475 e. The van der Waals surface area contributed by atoms with Gasteiger partial charge in [-0.3, -0.25) is 14.6 Å².